The molecule has 3 N–H and O–H groups in total. The first-order valence-electron chi connectivity index (χ1n) is 4.97. The average Bonchev–Trinajstić information content (AvgIpc) is 2.20. The SMILES string of the molecule is Cc1cc(Br)cc(C)c1NC(=O)NCCO. The lowest BCUT2D eigenvalue weighted by Crippen LogP contribution is -2.31. The van der Waals surface area contributed by atoms with Gasteiger partial charge in [0.1, 0.15) is 0 Å². The highest BCUT2D eigenvalue weighted by molar-refractivity contribution is 9.10. The molecule has 0 saturated heterocycles. The van der Waals surface area contributed by atoms with E-state index in [1.165, 1.54) is 0 Å². The maximum atomic E-state index is 11.4. The van der Waals surface area contributed by atoms with E-state index in [0.717, 1.165) is 21.3 Å². The lowest BCUT2D eigenvalue weighted by atomic mass is 10.1. The fourth-order valence-corrected chi connectivity index (χ4v) is 2.12. The number of carbonyl (C=O) groups is 1. The molecule has 0 saturated carbocycles. The number of carbonyl (C=O) groups excluding carboxylic acids is 1. The van der Waals surface area contributed by atoms with Crippen molar-refractivity contribution in [3.63, 3.8) is 0 Å². The fraction of sp³-hybridized carbons (Fsp3) is 0.364. The minimum atomic E-state index is -0.303. The van der Waals surface area contributed by atoms with Crippen LogP contribution in [0.1, 0.15) is 11.1 Å². The van der Waals surface area contributed by atoms with Gasteiger partial charge >= 0.3 is 6.03 Å². The van der Waals surface area contributed by atoms with Gasteiger partial charge in [0.15, 0.2) is 0 Å². The molecule has 5 heteroatoms. The summed E-state index contributed by atoms with van der Waals surface area (Å²) >= 11 is 3.39. The van der Waals surface area contributed by atoms with Crippen molar-refractivity contribution in [3.8, 4) is 0 Å². The number of amides is 2. The Hall–Kier alpha value is -1.07. The van der Waals surface area contributed by atoms with E-state index in [0.29, 0.717) is 0 Å². The van der Waals surface area contributed by atoms with Crippen molar-refractivity contribution >= 4 is 27.6 Å². The molecule has 0 heterocycles. The number of rotatable bonds is 3. The van der Waals surface area contributed by atoms with Crippen molar-refractivity contribution in [3.05, 3.63) is 27.7 Å². The number of urea groups is 1. The van der Waals surface area contributed by atoms with E-state index >= 15 is 0 Å². The van der Waals surface area contributed by atoms with Gasteiger partial charge in [-0.25, -0.2) is 4.79 Å². The van der Waals surface area contributed by atoms with Crippen molar-refractivity contribution < 1.29 is 9.90 Å². The Morgan fingerprint density at radius 2 is 1.94 bits per heavy atom. The third-order valence-corrected chi connectivity index (χ3v) is 2.59. The molecule has 0 unspecified atom stereocenters. The number of hydrogen-bond donors (Lipinski definition) is 3. The van der Waals surface area contributed by atoms with Crippen molar-refractivity contribution in [2.75, 3.05) is 18.5 Å². The molecule has 2 amide bonds. The van der Waals surface area contributed by atoms with Gasteiger partial charge in [0.2, 0.25) is 0 Å². The van der Waals surface area contributed by atoms with Crippen LogP contribution in [-0.2, 0) is 0 Å². The highest BCUT2D eigenvalue weighted by Gasteiger charge is 2.07. The third-order valence-electron chi connectivity index (χ3n) is 2.13. The second-order valence-electron chi connectivity index (χ2n) is 3.52. The largest absolute Gasteiger partial charge is 0.395 e. The van der Waals surface area contributed by atoms with Gasteiger partial charge in [-0.05, 0) is 37.1 Å². The van der Waals surface area contributed by atoms with Gasteiger partial charge in [-0.1, -0.05) is 15.9 Å². The van der Waals surface area contributed by atoms with Crippen LogP contribution < -0.4 is 10.6 Å². The molecule has 0 aliphatic heterocycles. The van der Waals surface area contributed by atoms with Gasteiger partial charge in [-0.2, -0.15) is 0 Å². The molecule has 0 radical (unpaired) electrons. The van der Waals surface area contributed by atoms with E-state index in [4.69, 9.17) is 5.11 Å². The molecule has 0 aliphatic carbocycles. The van der Waals surface area contributed by atoms with Crippen molar-refractivity contribution in [2.24, 2.45) is 0 Å². The van der Waals surface area contributed by atoms with Crippen LogP contribution in [-0.4, -0.2) is 24.3 Å². The molecule has 16 heavy (non-hydrogen) atoms. The zero-order chi connectivity index (χ0) is 12.1. The molecule has 0 fully saturated rings. The quantitative estimate of drug-likeness (QED) is 0.798. The molecule has 0 aliphatic rings. The predicted octanol–water partition coefficient (Wildman–Crippen LogP) is 2.18. The number of nitrogens with one attached hydrogen (secondary N) is 2. The van der Waals surface area contributed by atoms with Crippen LogP contribution >= 0.6 is 15.9 Å². The van der Waals surface area contributed by atoms with E-state index in [9.17, 15) is 4.79 Å². The number of halogens is 1. The Labute approximate surface area is 103 Å². The van der Waals surface area contributed by atoms with Gasteiger partial charge in [0.05, 0.1) is 6.61 Å². The van der Waals surface area contributed by atoms with Crippen LogP contribution in [0.25, 0.3) is 0 Å². The molecule has 1 aromatic carbocycles. The summed E-state index contributed by atoms with van der Waals surface area (Å²) < 4.78 is 0.990. The second-order valence-corrected chi connectivity index (χ2v) is 4.43. The highest BCUT2D eigenvalue weighted by atomic mass is 79.9. The zero-order valence-corrected chi connectivity index (χ0v) is 10.9. The molecule has 0 bridgehead atoms. The molecule has 0 atom stereocenters. The van der Waals surface area contributed by atoms with Crippen LogP contribution in [0.15, 0.2) is 16.6 Å². The summed E-state index contributed by atoms with van der Waals surface area (Å²) in [6.45, 7) is 4.05. The first-order chi connectivity index (χ1) is 7.54. The van der Waals surface area contributed by atoms with Crippen molar-refractivity contribution in [2.45, 2.75) is 13.8 Å². The smallest absolute Gasteiger partial charge is 0.319 e. The summed E-state index contributed by atoms with van der Waals surface area (Å²) in [5.41, 5.74) is 2.79. The lowest BCUT2D eigenvalue weighted by molar-refractivity contribution is 0.245. The summed E-state index contributed by atoms with van der Waals surface area (Å²) in [5.74, 6) is 0. The molecular formula is C11H15BrN2O2. The van der Waals surface area contributed by atoms with E-state index in [1.54, 1.807) is 0 Å². The van der Waals surface area contributed by atoms with Gasteiger partial charge in [-0.15, -0.1) is 0 Å². The van der Waals surface area contributed by atoms with Gasteiger partial charge in [-0.3, -0.25) is 0 Å². The van der Waals surface area contributed by atoms with Crippen molar-refractivity contribution in [1.29, 1.82) is 0 Å². The number of benzene rings is 1. The summed E-state index contributed by atoms with van der Waals surface area (Å²) in [6, 6.07) is 3.58. The number of aliphatic hydroxyl groups is 1. The van der Waals surface area contributed by atoms with Crippen LogP contribution in [0.4, 0.5) is 10.5 Å². The molecule has 0 aromatic heterocycles. The molecular weight excluding hydrogens is 272 g/mol. The maximum Gasteiger partial charge on any atom is 0.319 e. The number of anilines is 1. The summed E-state index contributed by atoms with van der Waals surface area (Å²) in [4.78, 5) is 11.4. The highest BCUT2D eigenvalue weighted by Crippen LogP contribution is 2.24. The minimum absolute atomic E-state index is 0.0638. The first-order valence-corrected chi connectivity index (χ1v) is 5.76. The fourth-order valence-electron chi connectivity index (χ4n) is 1.43. The third kappa shape index (κ3) is 3.50. The molecule has 88 valence electrons. The second kappa shape index (κ2) is 5.86. The predicted molar refractivity (Wildman–Crippen MR) is 67.7 cm³/mol. The minimum Gasteiger partial charge on any atom is -0.395 e. The van der Waals surface area contributed by atoms with Crippen LogP contribution in [0.2, 0.25) is 0 Å². The first kappa shape index (κ1) is 13.0. The number of aryl methyl sites for hydroxylation is 2. The molecule has 0 spiro atoms. The summed E-state index contributed by atoms with van der Waals surface area (Å²) in [6.07, 6.45) is 0. The Morgan fingerprint density at radius 1 is 1.38 bits per heavy atom. The summed E-state index contributed by atoms with van der Waals surface area (Å²) in [7, 11) is 0. The Balaban J connectivity index is 2.77. The summed E-state index contributed by atoms with van der Waals surface area (Å²) in [5, 5.41) is 13.9. The lowest BCUT2D eigenvalue weighted by Gasteiger charge is -2.12. The van der Waals surface area contributed by atoms with Crippen LogP contribution in [0, 0.1) is 13.8 Å². The molecule has 1 aromatic rings. The Morgan fingerprint density at radius 3 is 2.44 bits per heavy atom. The Kier molecular flexibility index (Phi) is 4.76. The van der Waals surface area contributed by atoms with Crippen molar-refractivity contribution in [1.82, 2.24) is 5.32 Å². The van der Waals surface area contributed by atoms with Crippen LogP contribution in [0.3, 0.4) is 0 Å². The standard InChI is InChI=1S/C11H15BrN2O2/c1-7-5-9(12)6-8(2)10(7)14-11(16)13-3-4-15/h5-6,15H,3-4H2,1-2H3,(H2,13,14,16). The zero-order valence-electron chi connectivity index (χ0n) is 9.30. The van der Waals surface area contributed by atoms with Crippen LogP contribution in [0.5, 0.6) is 0 Å². The Bertz CT molecular complexity index is 371. The number of aliphatic hydroxyl groups excluding tert-OH is 1. The topological polar surface area (TPSA) is 61.4 Å². The van der Waals surface area contributed by atoms with Gasteiger partial charge in [0, 0.05) is 16.7 Å². The molecule has 1 rings (SSSR count). The van der Waals surface area contributed by atoms with E-state index in [1.807, 2.05) is 26.0 Å². The van der Waals surface area contributed by atoms with E-state index < -0.39 is 0 Å². The van der Waals surface area contributed by atoms with Gasteiger partial charge < -0.3 is 15.7 Å². The average molecular weight is 287 g/mol. The molecule has 4 nitrogen and oxygen atoms in total. The van der Waals surface area contributed by atoms with E-state index in [2.05, 4.69) is 26.6 Å². The van der Waals surface area contributed by atoms with Gasteiger partial charge in [0.25, 0.3) is 0 Å². The normalized spacial score (nSPS) is 10.0. The number of hydrogen-bond acceptors (Lipinski definition) is 2. The maximum absolute atomic E-state index is 11.4. The monoisotopic (exact) mass is 286 g/mol. The van der Waals surface area contributed by atoms with E-state index in [-0.39, 0.29) is 19.2 Å².